The Morgan fingerprint density at radius 2 is 1.74 bits per heavy atom. The fourth-order valence-electron chi connectivity index (χ4n) is 1.37. The maximum absolute atomic E-state index is 11.9. The van der Waals surface area contributed by atoms with Gasteiger partial charge in [-0.1, -0.05) is 24.3 Å². The molecule has 4 nitrogen and oxygen atoms in total. The molecule has 19 heavy (non-hydrogen) atoms. The highest BCUT2D eigenvalue weighted by Crippen LogP contribution is 2.20. The first-order chi connectivity index (χ1) is 8.78. The fourth-order valence-corrected chi connectivity index (χ4v) is 2.99. The number of aliphatic hydroxyl groups excluding tert-OH is 1. The molecule has 0 atom stereocenters. The molecule has 108 valence electrons. The minimum absolute atomic E-state index is 0.0345. The van der Waals surface area contributed by atoms with Gasteiger partial charge in [0, 0.05) is 11.3 Å². The Bertz CT molecular complexity index is 495. The van der Waals surface area contributed by atoms with E-state index in [1.165, 1.54) is 0 Å². The highest BCUT2D eigenvalue weighted by molar-refractivity contribution is 8.00. The van der Waals surface area contributed by atoms with E-state index in [0.29, 0.717) is 12.1 Å². The zero-order valence-corrected chi connectivity index (χ0v) is 13.1. The standard InChI is InChI=1S/C13H21NO3S2/c1-13(2,18-3)10-14-19(16,17)9-12-6-4-11(8-15)5-7-12/h4-7,14-15H,8-10H2,1-3H3. The predicted octanol–water partition coefficient (Wildman–Crippen LogP) is 1.74. The smallest absolute Gasteiger partial charge is 0.215 e. The third-order valence-corrected chi connectivity index (χ3v) is 5.38. The molecule has 0 fully saturated rings. The highest BCUT2D eigenvalue weighted by atomic mass is 32.2. The van der Waals surface area contributed by atoms with Gasteiger partial charge in [0.05, 0.1) is 12.4 Å². The lowest BCUT2D eigenvalue weighted by atomic mass is 10.2. The first-order valence-corrected chi connectivity index (χ1v) is 8.87. The number of aliphatic hydroxyl groups is 1. The third-order valence-electron chi connectivity index (χ3n) is 2.83. The van der Waals surface area contributed by atoms with Gasteiger partial charge in [0.1, 0.15) is 0 Å². The van der Waals surface area contributed by atoms with Gasteiger partial charge >= 0.3 is 0 Å². The number of hydrogen-bond donors (Lipinski definition) is 2. The van der Waals surface area contributed by atoms with Crippen LogP contribution in [0.15, 0.2) is 24.3 Å². The molecule has 0 unspecified atom stereocenters. The first-order valence-electron chi connectivity index (χ1n) is 5.99. The maximum Gasteiger partial charge on any atom is 0.215 e. The molecule has 1 aromatic rings. The van der Waals surface area contributed by atoms with Gasteiger partial charge in [0.15, 0.2) is 0 Å². The monoisotopic (exact) mass is 303 g/mol. The summed E-state index contributed by atoms with van der Waals surface area (Å²) in [5.74, 6) is -0.0385. The zero-order valence-electron chi connectivity index (χ0n) is 11.5. The Kier molecular flexibility index (Phi) is 5.85. The van der Waals surface area contributed by atoms with E-state index >= 15 is 0 Å². The van der Waals surface area contributed by atoms with Gasteiger partial charge < -0.3 is 5.11 Å². The van der Waals surface area contributed by atoms with Crippen LogP contribution >= 0.6 is 11.8 Å². The largest absolute Gasteiger partial charge is 0.392 e. The number of benzene rings is 1. The molecule has 2 N–H and O–H groups in total. The van der Waals surface area contributed by atoms with Crippen molar-refractivity contribution in [3.63, 3.8) is 0 Å². The van der Waals surface area contributed by atoms with Crippen molar-refractivity contribution in [3.05, 3.63) is 35.4 Å². The number of rotatable bonds is 7. The molecule has 1 rings (SSSR count). The lowest BCUT2D eigenvalue weighted by Crippen LogP contribution is -2.36. The average Bonchev–Trinajstić information content (AvgIpc) is 2.37. The summed E-state index contributed by atoms with van der Waals surface area (Å²) in [4.78, 5) is 0. The Balaban J connectivity index is 2.63. The van der Waals surface area contributed by atoms with Crippen molar-refractivity contribution in [1.29, 1.82) is 0 Å². The van der Waals surface area contributed by atoms with E-state index < -0.39 is 10.0 Å². The van der Waals surface area contributed by atoms with E-state index in [0.717, 1.165) is 5.56 Å². The summed E-state index contributed by atoms with van der Waals surface area (Å²) in [6.45, 7) is 4.37. The lowest BCUT2D eigenvalue weighted by Gasteiger charge is -2.22. The van der Waals surface area contributed by atoms with E-state index in [-0.39, 0.29) is 17.1 Å². The summed E-state index contributed by atoms with van der Waals surface area (Å²) in [5.41, 5.74) is 1.49. The normalized spacial score (nSPS) is 12.6. The summed E-state index contributed by atoms with van der Waals surface area (Å²) < 4.78 is 26.4. The Labute approximate surface area is 119 Å². The van der Waals surface area contributed by atoms with E-state index in [1.807, 2.05) is 20.1 Å². The van der Waals surface area contributed by atoms with Gasteiger partial charge in [-0.05, 0) is 31.2 Å². The van der Waals surface area contributed by atoms with Gasteiger partial charge in [-0.15, -0.1) is 0 Å². The summed E-state index contributed by atoms with van der Waals surface area (Å²) >= 11 is 1.62. The van der Waals surface area contributed by atoms with E-state index in [9.17, 15) is 8.42 Å². The molecule has 0 aliphatic rings. The summed E-state index contributed by atoms with van der Waals surface area (Å²) in [6, 6.07) is 6.92. The van der Waals surface area contributed by atoms with E-state index in [4.69, 9.17) is 5.11 Å². The van der Waals surface area contributed by atoms with Crippen LogP contribution in [0.25, 0.3) is 0 Å². The van der Waals surface area contributed by atoms with Crippen LogP contribution in [0, 0.1) is 0 Å². The minimum atomic E-state index is -3.32. The second-order valence-corrected chi connectivity index (χ2v) is 8.34. The van der Waals surface area contributed by atoms with Crippen molar-refractivity contribution in [1.82, 2.24) is 4.72 Å². The zero-order chi connectivity index (χ0) is 14.5. The SMILES string of the molecule is CSC(C)(C)CNS(=O)(=O)Cc1ccc(CO)cc1. The number of sulfonamides is 1. The van der Waals surface area contributed by atoms with Crippen LogP contribution in [-0.2, 0) is 22.4 Å². The summed E-state index contributed by atoms with van der Waals surface area (Å²) in [6.07, 6.45) is 1.96. The molecule has 0 bridgehead atoms. The lowest BCUT2D eigenvalue weighted by molar-refractivity contribution is 0.282. The molecule has 1 aromatic carbocycles. The molecule has 0 aromatic heterocycles. The van der Waals surface area contributed by atoms with Gasteiger partial charge in [-0.25, -0.2) is 13.1 Å². The number of thioether (sulfide) groups is 1. The molecule has 0 saturated carbocycles. The van der Waals surface area contributed by atoms with Gasteiger partial charge in [-0.3, -0.25) is 0 Å². The van der Waals surface area contributed by atoms with Gasteiger partial charge in [0.25, 0.3) is 0 Å². The third kappa shape index (κ3) is 5.95. The molecule has 0 amide bonds. The van der Waals surface area contributed by atoms with Crippen LogP contribution < -0.4 is 4.72 Å². The van der Waals surface area contributed by atoms with Crippen LogP contribution in [0.5, 0.6) is 0 Å². The topological polar surface area (TPSA) is 66.4 Å². The van der Waals surface area contributed by atoms with Crippen molar-refractivity contribution in [3.8, 4) is 0 Å². The second-order valence-electron chi connectivity index (χ2n) is 5.02. The van der Waals surface area contributed by atoms with Crippen LogP contribution in [0.4, 0.5) is 0 Å². The van der Waals surface area contributed by atoms with Crippen molar-refractivity contribution in [2.45, 2.75) is 31.0 Å². The van der Waals surface area contributed by atoms with Crippen LogP contribution in [0.1, 0.15) is 25.0 Å². The van der Waals surface area contributed by atoms with Crippen molar-refractivity contribution < 1.29 is 13.5 Å². The highest BCUT2D eigenvalue weighted by Gasteiger charge is 2.20. The first kappa shape index (κ1) is 16.5. The molecular weight excluding hydrogens is 282 g/mol. The second kappa shape index (κ2) is 6.74. The molecule has 0 heterocycles. The van der Waals surface area contributed by atoms with Crippen LogP contribution in [-0.4, -0.2) is 31.1 Å². The Morgan fingerprint density at radius 3 is 2.21 bits per heavy atom. The summed E-state index contributed by atoms with van der Waals surface area (Å²) in [5, 5.41) is 8.93. The van der Waals surface area contributed by atoms with Crippen LogP contribution in [0.2, 0.25) is 0 Å². The molecular formula is C13H21NO3S2. The quantitative estimate of drug-likeness (QED) is 0.805. The molecule has 0 radical (unpaired) electrons. The average molecular weight is 303 g/mol. The Morgan fingerprint density at radius 1 is 1.21 bits per heavy atom. The molecule has 6 heteroatoms. The molecule has 0 aliphatic heterocycles. The van der Waals surface area contributed by atoms with E-state index in [1.54, 1.807) is 36.0 Å². The van der Waals surface area contributed by atoms with Gasteiger partial charge in [-0.2, -0.15) is 11.8 Å². The Hall–Kier alpha value is -0.560. The molecule has 0 saturated heterocycles. The van der Waals surface area contributed by atoms with E-state index in [2.05, 4.69) is 4.72 Å². The van der Waals surface area contributed by atoms with Crippen LogP contribution in [0.3, 0.4) is 0 Å². The van der Waals surface area contributed by atoms with Crippen molar-refractivity contribution >= 4 is 21.8 Å². The maximum atomic E-state index is 11.9. The predicted molar refractivity (Wildman–Crippen MR) is 80.6 cm³/mol. The molecule has 0 aliphatic carbocycles. The fraction of sp³-hybridized carbons (Fsp3) is 0.538. The summed E-state index contributed by atoms with van der Waals surface area (Å²) in [7, 11) is -3.32. The minimum Gasteiger partial charge on any atom is -0.392 e. The molecule has 0 spiro atoms. The van der Waals surface area contributed by atoms with Crippen molar-refractivity contribution in [2.24, 2.45) is 0 Å². The van der Waals surface area contributed by atoms with Crippen molar-refractivity contribution in [2.75, 3.05) is 12.8 Å². The van der Waals surface area contributed by atoms with Gasteiger partial charge in [0.2, 0.25) is 10.0 Å². The number of nitrogens with one attached hydrogen (secondary N) is 1. The number of hydrogen-bond acceptors (Lipinski definition) is 4.